The van der Waals surface area contributed by atoms with Crippen LogP contribution in [0.5, 0.6) is 0 Å². The molecule has 29 heavy (non-hydrogen) atoms. The SMILES string of the molecule is CC(C)[P+](CCC[P+](c1ccccc1)(C(C)C)C(C)C)(c1ccccc1)C(C)C. The summed E-state index contributed by atoms with van der Waals surface area (Å²) in [7, 11) is -2.43. The van der Waals surface area contributed by atoms with Gasteiger partial charge in [0.15, 0.2) is 0 Å². The third-order valence-corrected chi connectivity index (χ3v) is 19.2. The van der Waals surface area contributed by atoms with Gasteiger partial charge in [0.05, 0.1) is 60.1 Å². The van der Waals surface area contributed by atoms with Crippen molar-refractivity contribution >= 4 is 25.1 Å². The second-order valence-electron chi connectivity index (χ2n) is 9.71. The number of rotatable bonds is 10. The van der Waals surface area contributed by atoms with Crippen LogP contribution in [0.4, 0.5) is 0 Å². The van der Waals surface area contributed by atoms with E-state index in [0.29, 0.717) is 0 Å². The van der Waals surface area contributed by atoms with Crippen molar-refractivity contribution in [2.24, 2.45) is 0 Å². The Balaban J connectivity index is 2.37. The molecule has 2 aromatic rings. The van der Waals surface area contributed by atoms with E-state index in [-0.39, 0.29) is 0 Å². The molecule has 0 aliphatic carbocycles. The maximum Gasteiger partial charge on any atom is 0.0944 e. The summed E-state index contributed by atoms with van der Waals surface area (Å²) in [5.74, 6) is 0. The molecular weight excluding hydrogens is 386 g/mol. The Labute approximate surface area is 182 Å². The van der Waals surface area contributed by atoms with Crippen molar-refractivity contribution in [3.63, 3.8) is 0 Å². The van der Waals surface area contributed by atoms with E-state index in [2.05, 4.69) is 116 Å². The molecule has 2 heteroatoms. The second kappa shape index (κ2) is 10.6. The lowest BCUT2D eigenvalue weighted by Gasteiger charge is -2.38. The lowest BCUT2D eigenvalue weighted by atomic mass is 10.4. The summed E-state index contributed by atoms with van der Waals surface area (Å²) >= 11 is 0. The highest BCUT2D eigenvalue weighted by molar-refractivity contribution is 7.85. The van der Waals surface area contributed by atoms with Crippen molar-refractivity contribution in [2.45, 2.75) is 84.4 Å². The lowest BCUT2D eigenvalue weighted by Crippen LogP contribution is -2.32. The van der Waals surface area contributed by atoms with Gasteiger partial charge in [0.1, 0.15) is 0 Å². The number of hydrogen-bond donors (Lipinski definition) is 0. The first-order valence-electron chi connectivity index (χ1n) is 11.6. The van der Waals surface area contributed by atoms with Crippen molar-refractivity contribution in [1.29, 1.82) is 0 Å². The molecule has 0 saturated heterocycles. The smallest absolute Gasteiger partial charge is 0.0620 e. The summed E-state index contributed by atoms with van der Waals surface area (Å²) in [4.78, 5) is 0. The van der Waals surface area contributed by atoms with E-state index in [0.717, 1.165) is 22.6 Å². The molecule has 0 spiro atoms. The minimum Gasteiger partial charge on any atom is -0.0620 e. The van der Waals surface area contributed by atoms with Gasteiger partial charge < -0.3 is 0 Å². The minimum absolute atomic E-state index is 0.743. The van der Waals surface area contributed by atoms with Gasteiger partial charge in [-0.2, -0.15) is 0 Å². The predicted molar refractivity (Wildman–Crippen MR) is 141 cm³/mol. The van der Waals surface area contributed by atoms with Gasteiger partial charge in [-0.3, -0.25) is 0 Å². The zero-order valence-electron chi connectivity index (χ0n) is 20.1. The van der Waals surface area contributed by atoms with Crippen LogP contribution in [-0.4, -0.2) is 35.0 Å². The van der Waals surface area contributed by atoms with Crippen LogP contribution in [0.3, 0.4) is 0 Å². The molecule has 0 aliphatic heterocycles. The first-order chi connectivity index (χ1) is 13.7. The van der Waals surface area contributed by atoms with Gasteiger partial charge >= 0.3 is 0 Å². The molecule has 0 aliphatic rings. The Morgan fingerprint density at radius 2 is 0.759 bits per heavy atom. The van der Waals surface area contributed by atoms with E-state index in [4.69, 9.17) is 0 Å². The highest BCUT2D eigenvalue weighted by Crippen LogP contribution is 2.69. The van der Waals surface area contributed by atoms with E-state index in [1.165, 1.54) is 18.7 Å². The van der Waals surface area contributed by atoms with Gasteiger partial charge in [-0.05, 0) is 79.7 Å². The van der Waals surface area contributed by atoms with Gasteiger partial charge in [0.2, 0.25) is 0 Å². The van der Waals surface area contributed by atoms with Crippen molar-refractivity contribution in [2.75, 3.05) is 12.3 Å². The van der Waals surface area contributed by atoms with E-state index in [1.54, 1.807) is 10.6 Å². The monoisotopic (exact) mass is 430 g/mol. The summed E-state index contributed by atoms with van der Waals surface area (Å²) in [6.07, 6.45) is 4.14. The van der Waals surface area contributed by atoms with Crippen molar-refractivity contribution in [1.82, 2.24) is 0 Å². The molecule has 2 rings (SSSR count). The third-order valence-electron chi connectivity index (χ3n) is 7.22. The van der Waals surface area contributed by atoms with Crippen LogP contribution in [0, 0.1) is 0 Å². The van der Waals surface area contributed by atoms with Crippen LogP contribution in [0.15, 0.2) is 60.7 Å². The third kappa shape index (κ3) is 4.97. The molecule has 2 aromatic carbocycles. The molecule has 0 radical (unpaired) electrons. The summed E-state index contributed by atoms with van der Waals surface area (Å²) in [5.41, 5.74) is 2.97. The Bertz CT molecular complexity index is 637. The van der Waals surface area contributed by atoms with Crippen LogP contribution in [0.2, 0.25) is 0 Å². The van der Waals surface area contributed by atoms with Crippen LogP contribution in [0.25, 0.3) is 0 Å². The fourth-order valence-electron chi connectivity index (χ4n) is 5.68. The highest BCUT2D eigenvalue weighted by atomic mass is 31.2. The van der Waals surface area contributed by atoms with Gasteiger partial charge in [-0.15, -0.1) is 0 Å². The number of hydrogen-bond acceptors (Lipinski definition) is 0. The van der Waals surface area contributed by atoms with Gasteiger partial charge in [0.25, 0.3) is 0 Å². The Morgan fingerprint density at radius 3 is 1.00 bits per heavy atom. The van der Waals surface area contributed by atoms with E-state index in [1.807, 2.05) is 0 Å². The largest absolute Gasteiger partial charge is 0.0944 e. The molecule has 0 heterocycles. The molecule has 0 atom stereocenters. The maximum absolute atomic E-state index is 2.48. The fraction of sp³-hybridized carbons (Fsp3) is 0.556. The summed E-state index contributed by atoms with van der Waals surface area (Å²) < 4.78 is 0. The van der Waals surface area contributed by atoms with Crippen molar-refractivity contribution in [3.05, 3.63) is 60.7 Å². The Hall–Kier alpha value is -0.700. The van der Waals surface area contributed by atoms with Crippen LogP contribution in [0.1, 0.15) is 61.8 Å². The average Bonchev–Trinajstić information content (AvgIpc) is 2.68. The van der Waals surface area contributed by atoms with Crippen LogP contribution in [-0.2, 0) is 0 Å². The first-order valence-corrected chi connectivity index (χ1v) is 15.8. The number of benzene rings is 2. The second-order valence-corrected chi connectivity index (χ2v) is 19.5. The standard InChI is InChI=1S/C27H44P2/c1-22(2)28(23(3)4,26-16-11-9-12-17-26)20-15-21-29(24(5)6,25(7)8)27-18-13-10-14-19-27/h9-14,16-19,22-25H,15,20-21H2,1-8H3/q+2. The molecule has 0 N–H and O–H groups in total. The van der Waals surface area contributed by atoms with Crippen LogP contribution < -0.4 is 10.6 Å². The fourth-order valence-corrected chi connectivity index (χ4v) is 16.1. The van der Waals surface area contributed by atoms with E-state index in [9.17, 15) is 0 Å². The normalized spacial score (nSPS) is 13.1. The highest BCUT2D eigenvalue weighted by Gasteiger charge is 2.50. The van der Waals surface area contributed by atoms with Crippen LogP contribution >= 0.6 is 14.5 Å². The summed E-state index contributed by atoms with van der Waals surface area (Å²) in [6.45, 7) is 19.8. The maximum atomic E-state index is 2.48. The predicted octanol–water partition coefficient (Wildman–Crippen LogP) is 7.70. The summed E-state index contributed by atoms with van der Waals surface area (Å²) in [6, 6.07) is 23.0. The molecule has 0 saturated carbocycles. The lowest BCUT2D eigenvalue weighted by molar-refractivity contribution is 0.931. The first kappa shape index (κ1) is 24.6. The Kier molecular flexibility index (Phi) is 8.94. The zero-order chi connectivity index (χ0) is 21.7. The topological polar surface area (TPSA) is 0 Å². The molecule has 160 valence electrons. The summed E-state index contributed by atoms with van der Waals surface area (Å²) in [5, 5.41) is 3.28. The molecule has 0 bridgehead atoms. The molecular formula is C27H44P2+2. The Morgan fingerprint density at radius 1 is 0.483 bits per heavy atom. The van der Waals surface area contributed by atoms with Crippen molar-refractivity contribution in [3.8, 4) is 0 Å². The van der Waals surface area contributed by atoms with E-state index < -0.39 is 14.5 Å². The molecule has 0 aromatic heterocycles. The zero-order valence-corrected chi connectivity index (χ0v) is 21.9. The minimum atomic E-state index is -1.21. The molecule has 0 nitrogen and oxygen atoms in total. The molecule has 0 amide bonds. The molecule has 0 unspecified atom stereocenters. The van der Waals surface area contributed by atoms with Gasteiger partial charge in [-0.1, -0.05) is 36.4 Å². The molecule has 0 fully saturated rings. The van der Waals surface area contributed by atoms with Gasteiger partial charge in [0, 0.05) is 6.42 Å². The van der Waals surface area contributed by atoms with Crippen molar-refractivity contribution < 1.29 is 0 Å². The van der Waals surface area contributed by atoms with E-state index >= 15 is 0 Å². The average molecular weight is 431 g/mol. The van der Waals surface area contributed by atoms with Gasteiger partial charge in [-0.25, -0.2) is 0 Å². The quantitative estimate of drug-likeness (QED) is 0.339.